The van der Waals surface area contributed by atoms with Crippen LogP contribution in [0.25, 0.3) is 22.4 Å². The Hall–Kier alpha value is -4.00. The maximum atomic E-state index is 16.2. The minimum Gasteiger partial charge on any atom is -0.423 e. The van der Waals surface area contributed by atoms with E-state index in [1.54, 1.807) is 30.3 Å². The fourth-order valence-electron chi connectivity index (χ4n) is 5.95. The number of rotatable bonds is 5. The van der Waals surface area contributed by atoms with Gasteiger partial charge in [-0.25, -0.2) is 13.6 Å². The van der Waals surface area contributed by atoms with Gasteiger partial charge >= 0.3 is 6.03 Å². The van der Waals surface area contributed by atoms with Gasteiger partial charge in [-0.2, -0.15) is 0 Å². The van der Waals surface area contributed by atoms with Crippen molar-refractivity contribution in [2.75, 3.05) is 24.5 Å². The second-order valence-corrected chi connectivity index (χ2v) is 11.4. The number of hydrogen-bond donors (Lipinski definition) is 3. The number of carbonyl (C=O) groups excluding carboxylic acids is 1. The van der Waals surface area contributed by atoms with Crippen molar-refractivity contribution in [3.05, 3.63) is 71.8 Å². The Morgan fingerprint density at radius 1 is 1.17 bits per heavy atom. The van der Waals surface area contributed by atoms with E-state index in [1.807, 2.05) is 13.8 Å². The molecular formula is C29H30F2N6O4. The van der Waals surface area contributed by atoms with E-state index >= 15 is 4.39 Å². The van der Waals surface area contributed by atoms with Crippen LogP contribution in [0.5, 0.6) is 0 Å². The molecule has 2 saturated heterocycles. The van der Waals surface area contributed by atoms with Crippen LogP contribution in [0.4, 0.5) is 19.3 Å². The highest BCUT2D eigenvalue weighted by molar-refractivity contribution is 5.95. The number of anilines is 1. The lowest BCUT2D eigenvalue weighted by atomic mass is 9.66. The maximum absolute atomic E-state index is 16.2. The molecule has 2 fully saturated rings. The predicted octanol–water partition coefficient (Wildman–Crippen LogP) is 3.92. The lowest BCUT2D eigenvalue weighted by Crippen LogP contribution is -2.55. The molecule has 2 atom stereocenters. The number of nitrogens with zero attached hydrogens (tertiary/aromatic N) is 5. The van der Waals surface area contributed by atoms with Crippen LogP contribution < -0.4 is 10.2 Å². The number of nitrogens with one attached hydrogen (secondary N) is 1. The number of aliphatic hydroxyl groups is 2. The van der Waals surface area contributed by atoms with Gasteiger partial charge in [0.2, 0.25) is 12.3 Å². The minimum absolute atomic E-state index is 0.107. The van der Waals surface area contributed by atoms with Crippen LogP contribution in [-0.2, 0) is 12.1 Å². The Balaban J connectivity index is 1.24. The van der Waals surface area contributed by atoms with Crippen molar-refractivity contribution in [2.24, 2.45) is 5.41 Å². The van der Waals surface area contributed by atoms with Gasteiger partial charge in [-0.15, -0.1) is 10.2 Å². The smallest absolute Gasteiger partial charge is 0.323 e. The molecule has 0 spiro atoms. The summed E-state index contributed by atoms with van der Waals surface area (Å²) in [7, 11) is 0. The second kappa shape index (κ2) is 10.1. The lowest BCUT2D eigenvalue weighted by molar-refractivity contribution is -0.128. The number of halogens is 2. The molecule has 0 saturated carbocycles. The number of amides is 2. The Labute approximate surface area is 234 Å². The summed E-state index contributed by atoms with van der Waals surface area (Å²) in [6.45, 7) is 5.38. The quantitative estimate of drug-likeness (QED) is 0.333. The molecule has 2 aromatic heterocycles. The number of aromatic nitrogens is 3. The average Bonchev–Trinajstić information content (AvgIpc) is 3.46. The highest BCUT2D eigenvalue weighted by Crippen LogP contribution is 2.48. The lowest BCUT2D eigenvalue weighted by Gasteiger charge is -2.50. The summed E-state index contributed by atoms with van der Waals surface area (Å²) in [6.07, 6.45) is 2.30. The summed E-state index contributed by atoms with van der Waals surface area (Å²) in [5, 5.41) is 31.7. The van der Waals surface area contributed by atoms with Crippen LogP contribution in [0.3, 0.4) is 0 Å². The monoisotopic (exact) mass is 564 g/mol. The molecule has 4 aromatic rings. The summed E-state index contributed by atoms with van der Waals surface area (Å²) in [6, 6.07) is 9.15. The van der Waals surface area contributed by atoms with Crippen molar-refractivity contribution < 1.29 is 28.2 Å². The fraction of sp³-hybridized carbons (Fsp3) is 0.379. The molecule has 6 rings (SSSR count). The number of carbonyl (C=O) groups is 1. The zero-order valence-corrected chi connectivity index (χ0v) is 22.6. The molecule has 1 unspecified atom stereocenters. The third kappa shape index (κ3) is 4.81. The van der Waals surface area contributed by atoms with Gasteiger partial charge in [0.05, 0.1) is 28.6 Å². The number of pyridine rings is 1. The molecule has 2 amide bonds. The zero-order valence-electron chi connectivity index (χ0n) is 22.6. The number of fused-ring (bicyclic) bond motifs is 1. The van der Waals surface area contributed by atoms with Gasteiger partial charge in [0.15, 0.2) is 0 Å². The molecule has 0 radical (unpaired) electrons. The van der Waals surface area contributed by atoms with Crippen LogP contribution >= 0.6 is 0 Å². The molecule has 4 heterocycles. The van der Waals surface area contributed by atoms with Crippen molar-refractivity contribution in [3.8, 4) is 11.5 Å². The van der Waals surface area contributed by atoms with Crippen LogP contribution in [0.2, 0.25) is 0 Å². The van der Waals surface area contributed by atoms with Crippen LogP contribution in [0.15, 0.2) is 53.4 Å². The van der Waals surface area contributed by atoms with Crippen molar-refractivity contribution in [2.45, 2.75) is 45.1 Å². The van der Waals surface area contributed by atoms with Gasteiger partial charge in [-0.3, -0.25) is 14.8 Å². The number of likely N-dealkylation sites (tertiary alicyclic amines) is 1. The Kier molecular flexibility index (Phi) is 6.71. The highest BCUT2D eigenvalue weighted by atomic mass is 19.1. The first-order valence-corrected chi connectivity index (χ1v) is 13.4. The first kappa shape index (κ1) is 27.2. The van der Waals surface area contributed by atoms with Gasteiger partial charge in [0, 0.05) is 49.0 Å². The molecule has 2 aliphatic rings. The molecule has 0 aliphatic carbocycles. The van der Waals surface area contributed by atoms with E-state index < -0.39 is 34.9 Å². The van der Waals surface area contributed by atoms with E-state index in [-0.39, 0.29) is 35.4 Å². The third-order valence-corrected chi connectivity index (χ3v) is 8.26. The highest BCUT2D eigenvalue weighted by Gasteiger charge is 2.50. The average molecular weight is 565 g/mol. The van der Waals surface area contributed by atoms with Crippen molar-refractivity contribution >= 4 is 22.6 Å². The number of urea groups is 1. The summed E-state index contributed by atoms with van der Waals surface area (Å²) < 4.78 is 36.0. The number of piperidine rings is 1. The normalized spacial score (nSPS) is 23.1. The van der Waals surface area contributed by atoms with Crippen LogP contribution in [0.1, 0.15) is 37.8 Å². The molecule has 2 aromatic carbocycles. The first-order chi connectivity index (χ1) is 19.6. The maximum Gasteiger partial charge on any atom is 0.323 e. The molecule has 41 heavy (non-hydrogen) atoms. The molecule has 12 heteroatoms. The van der Waals surface area contributed by atoms with E-state index in [1.165, 1.54) is 17.2 Å². The van der Waals surface area contributed by atoms with E-state index in [0.29, 0.717) is 37.3 Å². The molecule has 2 aliphatic heterocycles. The summed E-state index contributed by atoms with van der Waals surface area (Å²) in [5.74, 6) is -0.947. The standard InChI is InChI=1S/C29H30F2N6O4/c1-28(2)15-36(14-17-3-4-19(22(30)11-17)26-35-33-16-41-26)10-8-29(28,40)21-5-6-23-20(25(21)31)12-18(13-32-23)37-9-7-24(38)34-27(37)39/h3-6,11-13,16,24,38,40H,7-10,14-15H2,1-2H3,(H,34,39)/t24?,29-/m0/s1. The minimum atomic E-state index is -1.49. The summed E-state index contributed by atoms with van der Waals surface area (Å²) in [5.41, 5.74) is -0.317. The number of hydrogen-bond acceptors (Lipinski definition) is 8. The summed E-state index contributed by atoms with van der Waals surface area (Å²) >= 11 is 0. The van der Waals surface area contributed by atoms with E-state index in [0.717, 1.165) is 12.0 Å². The second-order valence-electron chi connectivity index (χ2n) is 11.4. The number of aliphatic hydroxyl groups excluding tert-OH is 1. The largest absolute Gasteiger partial charge is 0.423 e. The van der Waals surface area contributed by atoms with Crippen LogP contribution in [0, 0.1) is 17.0 Å². The SMILES string of the molecule is CC1(C)CN(Cc2ccc(-c3nnco3)c(F)c2)CC[C@]1(O)c1ccc2ncc(N3CCC(O)NC3=O)cc2c1F. The molecular weight excluding hydrogens is 534 g/mol. The van der Waals surface area contributed by atoms with E-state index in [2.05, 4.69) is 25.4 Å². The summed E-state index contributed by atoms with van der Waals surface area (Å²) in [4.78, 5) is 20.2. The predicted molar refractivity (Wildman–Crippen MR) is 145 cm³/mol. The van der Waals surface area contributed by atoms with Crippen molar-refractivity contribution in [1.82, 2.24) is 25.4 Å². The first-order valence-electron chi connectivity index (χ1n) is 13.4. The van der Waals surface area contributed by atoms with Crippen molar-refractivity contribution in [1.29, 1.82) is 0 Å². The van der Waals surface area contributed by atoms with Gasteiger partial charge in [0.1, 0.15) is 17.9 Å². The molecule has 10 nitrogen and oxygen atoms in total. The van der Waals surface area contributed by atoms with Crippen molar-refractivity contribution in [3.63, 3.8) is 0 Å². The van der Waals surface area contributed by atoms with Gasteiger partial charge in [0.25, 0.3) is 0 Å². The zero-order chi connectivity index (χ0) is 28.9. The Bertz CT molecular complexity index is 1610. The van der Waals surface area contributed by atoms with E-state index in [4.69, 9.17) is 4.42 Å². The van der Waals surface area contributed by atoms with E-state index in [9.17, 15) is 19.4 Å². The van der Waals surface area contributed by atoms with Gasteiger partial charge in [-0.05, 0) is 36.2 Å². The molecule has 3 N–H and O–H groups in total. The fourth-order valence-corrected chi connectivity index (χ4v) is 5.95. The molecule has 0 bridgehead atoms. The third-order valence-electron chi connectivity index (χ3n) is 8.26. The topological polar surface area (TPSA) is 128 Å². The number of benzene rings is 2. The van der Waals surface area contributed by atoms with Gasteiger partial charge in [-0.1, -0.05) is 26.0 Å². The van der Waals surface area contributed by atoms with Crippen LogP contribution in [-0.4, -0.2) is 62.2 Å². The van der Waals surface area contributed by atoms with Gasteiger partial charge < -0.3 is 19.9 Å². The Morgan fingerprint density at radius 3 is 2.71 bits per heavy atom. The molecule has 214 valence electrons. The Morgan fingerprint density at radius 2 is 2.00 bits per heavy atom.